The molecule has 0 unspecified atom stereocenters. The lowest BCUT2D eigenvalue weighted by Gasteiger charge is -2.34. The van der Waals surface area contributed by atoms with Crippen LogP contribution in [-0.2, 0) is 11.3 Å². The molecule has 0 spiro atoms. The minimum absolute atomic E-state index is 0. The summed E-state index contributed by atoms with van der Waals surface area (Å²) >= 11 is 5.85. The second-order valence-electron chi connectivity index (χ2n) is 10.3. The molecule has 2 heterocycles. The fraction of sp³-hybridized carbons (Fsp3) is 0.206. The summed E-state index contributed by atoms with van der Waals surface area (Å²) in [4.78, 5) is 16.5. The summed E-state index contributed by atoms with van der Waals surface area (Å²) in [5.41, 5.74) is 2.81. The fourth-order valence-electron chi connectivity index (χ4n) is 4.71. The summed E-state index contributed by atoms with van der Waals surface area (Å²) in [6.07, 6.45) is 3.60. The topological polar surface area (TPSA) is 112 Å². The van der Waals surface area contributed by atoms with Crippen molar-refractivity contribution in [3.63, 3.8) is 0 Å². The molecule has 9 nitrogen and oxygen atoms in total. The van der Waals surface area contributed by atoms with Crippen molar-refractivity contribution >= 4 is 42.1 Å². The lowest BCUT2D eigenvalue weighted by molar-refractivity contribution is -0.135. The third kappa shape index (κ3) is 9.97. The Morgan fingerprint density at radius 3 is 2.09 bits per heavy atom. The first-order chi connectivity index (χ1) is 21.3. The van der Waals surface area contributed by atoms with Crippen molar-refractivity contribution in [1.29, 1.82) is 0 Å². The van der Waals surface area contributed by atoms with E-state index in [1.54, 1.807) is 66.7 Å². The normalized spacial score (nSPS) is 13.9. The maximum Gasteiger partial charge on any atom is 0.260 e. The first-order valence-corrected chi connectivity index (χ1v) is 14.5. The highest BCUT2D eigenvalue weighted by Crippen LogP contribution is 2.33. The molecule has 6 rings (SSSR count). The molecule has 236 valence electrons. The van der Waals surface area contributed by atoms with E-state index in [-0.39, 0.29) is 49.0 Å². The lowest BCUT2D eigenvalue weighted by atomic mass is 10.1. The number of benzene rings is 4. The highest BCUT2D eigenvalue weighted by atomic mass is 35.5. The zero-order valence-corrected chi connectivity index (χ0v) is 25.9. The van der Waals surface area contributed by atoms with E-state index in [1.807, 2.05) is 23.1 Å². The summed E-state index contributed by atoms with van der Waals surface area (Å²) < 4.78 is 16.3. The molecule has 4 aromatic carbocycles. The van der Waals surface area contributed by atoms with Crippen LogP contribution in [0, 0.1) is 0 Å². The second kappa shape index (κ2) is 15.9. The van der Waals surface area contributed by atoms with Crippen LogP contribution in [0.3, 0.4) is 0 Å². The number of ether oxygens (including phenoxy) is 3. The van der Waals surface area contributed by atoms with Gasteiger partial charge in [-0.25, -0.2) is 0 Å². The molecular weight excluding hydrogens is 619 g/mol. The van der Waals surface area contributed by atoms with Gasteiger partial charge in [-0.3, -0.25) is 9.69 Å². The Balaban J connectivity index is 0.000000222. The van der Waals surface area contributed by atoms with Gasteiger partial charge in [-0.1, -0.05) is 42.0 Å². The number of fused-ring (bicyclic) bond motifs is 1. The van der Waals surface area contributed by atoms with Gasteiger partial charge in [0.1, 0.15) is 23.0 Å². The van der Waals surface area contributed by atoms with Gasteiger partial charge < -0.3 is 34.4 Å². The minimum Gasteiger partial charge on any atom is -0.508 e. The summed E-state index contributed by atoms with van der Waals surface area (Å²) in [6.45, 7) is 4.24. The van der Waals surface area contributed by atoms with Crippen LogP contribution < -0.4 is 14.2 Å². The van der Waals surface area contributed by atoms with E-state index in [1.165, 1.54) is 11.6 Å². The zero-order valence-electron chi connectivity index (χ0n) is 24.3. The van der Waals surface area contributed by atoms with Crippen LogP contribution in [0.2, 0.25) is 5.02 Å². The molecule has 1 saturated heterocycles. The van der Waals surface area contributed by atoms with E-state index in [0.29, 0.717) is 29.4 Å². The summed E-state index contributed by atoms with van der Waals surface area (Å²) in [7, 11) is 0. The first kappa shape index (κ1) is 33.3. The standard InChI is InChI=1S/C20H21ClN2O4.C14H12O3.ClH/c21-16-2-4-17(5-3-16)25-13-20(24)23-9-7-22(8-10-23)12-15-1-6-18-19(11-15)27-14-26-18;15-12-5-3-10(4-6-12)1-2-11-7-13(16)9-14(17)8-11;/h1-6,11H,7-10,12-14H2;1-9,15-17H;1H. The fourth-order valence-corrected chi connectivity index (χ4v) is 4.84. The molecule has 3 N–H and O–H groups in total. The van der Waals surface area contributed by atoms with Crippen LogP contribution in [0.5, 0.6) is 34.5 Å². The highest BCUT2D eigenvalue weighted by Gasteiger charge is 2.22. The van der Waals surface area contributed by atoms with Crippen molar-refractivity contribution in [3.8, 4) is 34.5 Å². The van der Waals surface area contributed by atoms with Crippen molar-refractivity contribution in [1.82, 2.24) is 9.80 Å². The number of carbonyl (C=O) groups excluding carboxylic acids is 1. The molecule has 0 aromatic heterocycles. The number of rotatable bonds is 7. The quantitative estimate of drug-likeness (QED) is 0.203. The SMILES string of the molecule is Cl.O=C(COc1ccc(Cl)cc1)N1CCN(Cc2ccc3c(c2)OCO3)CC1.Oc1ccc(C=Cc2cc(O)cc(O)c2)cc1. The Hall–Kier alpha value is -4.57. The Labute approximate surface area is 272 Å². The zero-order chi connectivity index (χ0) is 30.9. The van der Waals surface area contributed by atoms with Gasteiger partial charge in [0.05, 0.1) is 0 Å². The molecule has 4 aromatic rings. The molecule has 0 bridgehead atoms. The van der Waals surface area contributed by atoms with Crippen LogP contribution in [0.4, 0.5) is 0 Å². The smallest absolute Gasteiger partial charge is 0.260 e. The van der Waals surface area contributed by atoms with Gasteiger partial charge in [-0.2, -0.15) is 0 Å². The second-order valence-corrected chi connectivity index (χ2v) is 10.7. The Bertz CT molecular complexity index is 1570. The molecular formula is C34H34Cl2N2O7. The number of hydrogen-bond acceptors (Lipinski definition) is 8. The van der Waals surface area contributed by atoms with Gasteiger partial charge in [0.2, 0.25) is 6.79 Å². The molecule has 0 aliphatic carbocycles. The Morgan fingerprint density at radius 1 is 0.756 bits per heavy atom. The van der Waals surface area contributed by atoms with Crippen LogP contribution in [0.15, 0.2) is 84.9 Å². The number of halogens is 2. The molecule has 2 aliphatic rings. The molecule has 45 heavy (non-hydrogen) atoms. The average Bonchev–Trinajstić information content (AvgIpc) is 3.49. The Morgan fingerprint density at radius 2 is 1.40 bits per heavy atom. The molecule has 0 atom stereocenters. The number of aromatic hydroxyl groups is 3. The maximum atomic E-state index is 12.4. The number of nitrogens with zero attached hydrogens (tertiary/aromatic N) is 2. The predicted molar refractivity (Wildman–Crippen MR) is 175 cm³/mol. The molecule has 11 heteroatoms. The van der Waals surface area contributed by atoms with Gasteiger partial charge in [-0.05, 0) is 77.4 Å². The van der Waals surface area contributed by atoms with E-state index in [0.717, 1.165) is 36.7 Å². The monoisotopic (exact) mass is 652 g/mol. The number of phenolic OH excluding ortho intramolecular Hbond substituents is 3. The van der Waals surface area contributed by atoms with Crippen molar-refractivity contribution < 1.29 is 34.3 Å². The molecule has 1 amide bonds. The Kier molecular flexibility index (Phi) is 11.8. The number of amides is 1. The van der Waals surface area contributed by atoms with Crippen molar-refractivity contribution in [2.45, 2.75) is 6.54 Å². The predicted octanol–water partition coefficient (Wildman–Crippen LogP) is 6.19. The van der Waals surface area contributed by atoms with Gasteiger partial charge in [0.15, 0.2) is 18.1 Å². The third-order valence-corrected chi connectivity index (χ3v) is 7.28. The lowest BCUT2D eigenvalue weighted by Crippen LogP contribution is -2.49. The van der Waals surface area contributed by atoms with E-state index >= 15 is 0 Å². The first-order valence-electron chi connectivity index (χ1n) is 14.1. The van der Waals surface area contributed by atoms with Crippen molar-refractivity contribution in [3.05, 3.63) is 107 Å². The molecule has 0 saturated carbocycles. The number of hydrogen-bond donors (Lipinski definition) is 3. The van der Waals surface area contributed by atoms with Crippen molar-refractivity contribution in [2.24, 2.45) is 0 Å². The van der Waals surface area contributed by atoms with Gasteiger partial charge in [0, 0.05) is 43.8 Å². The van der Waals surface area contributed by atoms with E-state index < -0.39 is 0 Å². The van der Waals surface area contributed by atoms with Crippen molar-refractivity contribution in [2.75, 3.05) is 39.6 Å². The molecule has 0 radical (unpaired) electrons. The summed E-state index contributed by atoms with van der Waals surface area (Å²) in [6, 6.07) is 24.2. The largest absolute Gasteiger partial charge is 0.508 e. The number of phenols is 3. The van der Waals surface area contributed by atoms with Crippen LogP contribution >= 0.6 is 24.0 Å². The van der Waals surface area contributed by atoms with E-state index in [4.69, 9.17) is 30.9 Å². The maximum absolute atomic E-state index is 12.4. The van der Waals surface area contributed by atoms with Gasteiger partial charge in [0.25, 0.3) is 5.91 Å². The van der Waals surface area contributed by atoms with E-state index in [2.05, 4.69) is 11.0 Å². The van der Waals surface area contributed by atoms with Gasteiger partial charge in [-0.15, -0.1) is 12.4 Å². The number of piperazine rings is 1. The minimum atomic E-state index is 0. The van der Waals surface area contributed by atoms with Crippen LogP contribution in [-0.4, -0.2) is 70.6 Å². The molecule has 2 aliphatic heterocycles. The highest BCUT2D eigenvalue weighted by molar-refractivity contribution is 6.30. The number of carbonyl (C=O) groups is 1. The molecule has 1 fully saturated rings. The van der Waals surface area contributed by atoms with E-state index in [9.17, 15) is 15.0 Å². The average molecular weight is 654 g/mol. The summed E-state index contributed by atoms with van der Waals surface area (Å²) in [5.74, 6) is 2.53. The van der Waals surface area contributed by atoms with Crippen LogP contribution in [0.1, 0.15) is 16.7 Å². The third-order valence-electron chi connectivity index (χ3n) is 7.03. The van der Waals surface area contributed by atoms with Crippen LogP contribution in [0.25, 0.3) is 12.2 Å². The summed E-state index contributed by atoms with van der Waals surface area (Å²) in [5, 5.41) is 28.4. The van der Waals surface area contributed by atoms with Gasteiger partial charge >= 0.3 is 0 Å².